The minimum Gasteiger partial charge on any atom is -0.491 e. The van der Waals surface area contributed by atoms with Gasteiger partial charge in [0.05, 0.1) is 47.2 Å². The smallest absolute Gasteiger partial charge is 0.338 e. The highest BCUT2D eigenvalue weighted by Gasteiger charge is 2.33. The minimum atomic E-state index is -0.646. The molecule has 2 aromatic carbocycles. The fraction of sp³-hybridized carbons (Fsp3) is 0.269. The number of carbonyl (C=O) groups is 1. The summed E-state index contributed by atoms with van der Waals surface area (Å²) >= 11 is 7.65. The summed E-state index contributed by atoms with van der Waals surface area (Å²) in [5.74, 6) is 0.440. The minimum absolute atomic E-state index is 0.224. The molecule has 7 nitrogen and oxygen atoms in total. The topological polar surface area (TPSA) is 79.1 Å². The normalized spacial score (nSPS) is 15.5. The maximum atomic E-state index is 13.7. The lowest BCUT2D eigenvalue weighted by Gasteiger charge is -2.24. The second kappa shape index (κ2) is 10.5. The van der Waals surface area contributed by atoms with Crippen molar-refractivity contribution in [2.45, 2.75) is 26.8 Å². The Morgan fingerprint density at radius 3 is 2.60 bits per heavy atom. The quantitative estimate of drug-likeness (QED) is 0.449. The molecule has 1 aliphatic rings. The van der Waals surface area contributed by atoms with Crippen LogP contribution in [0.5, 0.6) is 11.5 Å². The Bertz CT molecular complexity index is 1470. The monoisotopic (exact) mass is 512 g/mol. The number of halogens is 1. The molecule has 0 N–H and O–H groups in total. The predicted molar refractivity (Wildman–Crippen MR) is 136 cm³/mol. The molecule has 0 aliphatic carbocycles. The van der Waals surface area contributed by atoms with Crippen molar-refractivity contribution in [3.63, 3.8) is 0 Å². The first-order valence-corrected chi connectivity index (χ1v) is 12.3. The van der Waals surface area contributed by atoms with Crippen molar-refractivity contribution in [1.29, 1.82) is 0 Å². The number of benzene rings is 2. The van der Waals surface area contributed by atoms with Gasteiger partial charge in [0.15, 0.2) is 16.3 Å². The number of methoxy groups -OCH3 is 1. The third-order valence-electron chi connectivity index (χ3n) is 5.47. The number of allylic oxidation sites excluding steroid dienone is 1. The van der Waals surface area contributed by atoms with Crippen molar-refractivity contribution in [2.75, 3.05) is 20.3 Å². The van der Waals surface area contributed by atoms with E-state index in [-0.39, 0.29) is 12.2 Å². The van der Waals surface area contributed by atoms with E-state index in [9.17, 15) is 9.59 Å². The van der Waals surface area contributed by atoms with Crippen molar-refractivity contribution in [2.24, 2.45) is 4.99 Å². The van der Waals surface area contributed by atoms with Crippen LogP contribution < -0.4 is 24.4 Å². The first-order chi connectivity index (χ1) is 16.9. The van der Waals surface area contributed by atoms with Gasteiger partial charge in [-0.2, -0.15) is 0 Å². The Morgan fingerprint density at radius 1 is 1.20 bits per heavy atom. The van der Waals surface area contributed by atoms with Gasteiger partial charge in [-0.1, -0.05) is 53.3 Å². The summed E-state index contributed by atoms with van der Waals surface area (Å²) in [6, 6.07) is 12.2. The molecule has 0 spiro atoms. The summed E-state index contributed by atoms with van der Waals surface area (Å²) in [6.07, 6.45) is 1.74. The molecule has 35 heavy (non-hydrogen) atoms. The highest BCUT2D eigenvalue weighted by Crippen LogP contribution is 2.36. The fourth-order valence-corrected chi connectivity index (χ4v) is 5.37. The van der Waals surface area contributed by atoms with Gasteiger partial charge < -0.3 is 14.2 Å². The summed E-state index contributed by atoms with van der Waals surface area (Å²) < 4.78 is 18.3. The molecule has 0 saturated carbocycles. The third-order valence-corrected chi connectivity index (χ3v) is 6.73. The molecule has 3 aromatic rings. The van der Waals surface area contributed by atoms with E-state index in [0.29, 0.717) is 49.3 Å². The van der Waals surface area contributed by atoms with Gasteiger partial charge in [0.2, 0.25) is 0 Å². The molecule has 1 aromatic heterocycles. The van der Waals surface area contributed by atoms with Gasteiger partial charge in [-0.25, -0.2) is 9.79 Å². The van der Waals surface area contributed by atoms with Crippen LogP contribution in [0.4, 0.5) is 0 Å². The van der Waals surface area contributed by atoms with Crippen molar-refractivity contribution in [3.05, 3.63) is 89.6 Å². The molecule has 0 amide bonds. The molecule has 9 heteroatoms. The van der Waals surface area contributed by atoms with Crippen molar-refractivity contribution in [1.82, 2.24) is 4.57 Å². The SMILES string of the molecule is CCOC(=O)C1=C(C)N=c2s/c(=C\c3cc(Cl)c(OC)c(OCC)c3)c(=O)n2[C@H]1c1ccccc1. The summed E-state index contributed by atoms with van der Waals surface area (Å²) in [6.45, 7) is 6.03. The number of ether oxygens (including phenoxy) is 3. The lowest BCUT2D eigenvalue weighted by atomic mass is 9.96. The molecule has 1 aliphatic heterocycles. The van der Waals surface area contributed by atoms with Crippen molar-refractivity contribution < 1.29 is 19.0 Å². The second-order valence-electron chi connectivity index (χ2n) is 7.68. The zero-order valence-electron chi connectivity index (χ0n) is 19.8. The molecule has 0 saturated heterocycles. The lowest BCUT2D eigenvalue weighted by Crippen LogP contribution is -2.39. The van der Waals surface area contributed by atoms with Gasteiger partial charge in [-0.3, -0.25) is 9.36 Å². The highest BCUT2D eigenvalue weighted by atomic mass is 35.5. The molecule has 2 heterocycles. The number of nitrogens with zero attached hydrogens (tertiary/aromatic N) is 2. The first-order valence-electron chi connectivity index (χ1n) is 11.1. The first kappa shape index (κ1) is 24.8. The van der Waals surface area contributed by atoms with E-state index in [1.165, 1.54) is 18.4 Å². The van der Waals surface area contributed by atoms with Gasteiger partial charge >= 0.3 is 5.97 Å². The number of hydrogen-bond donors (Lipinski definition) is 0. The van der Waals surface area contributed by atoms with Gasteiger partial charge in [-0.05, 0) is 50.1 Å². The largest absolute Gasteiger partial charge is 0.491 e. The van der Waals surface area contributed by atoms with Gasteiger partial charge in [-0.15, -0.1) is 0 Å². The van der Waals surface area contributed by atoms with E-state index in [1.54, 1.807) is 36.6 Å². The lowest BCUT2D eigenvalue weighted by molar-refractivity contribution is -0.139. The van der Waals surface area contributed by atoms with Crippen molar-refractivity contribution >= 4 is 35.0 Å². The molecular weight excluding hydrogens is 488 g/mol. The number of hydrogen-bond acceptors (Lipinski definition) is 7. The maximum absolute atomic E-state index is 13.7. The van der Waals surface area contributed by atoms with Gasteiger partial charge in [0, 0.05) is 0 Å². The second-order valence-corrected chi connectivity index (χ2v) is 9.10. The molecule has 0 radical (unpaired) electrons. The Hall–Kier alpha value is -3.36. The van der Waals surface area contributed by atoms with Crippen LogP contribution in [0.2, 0.25) is 5.02 Å². The average molecular weight is 513 g/mol. The summed E-state index contributed by atoms with van der Waals surface area (Å²) in [5, 5.41) is 0.375. The number of aromatic nitrogens is 1. The molecule has 1 atom stereocenters. The van der Waals surface area contributed by atoms with Crippen LogP contribution in [-0.2, 0) is 9.53 Å². The summed E-state index contributed by atoms with van der Waals surface area (Å²) in [4.78, 5) is 31.7. The van der Waals surface area contributed by atoms with Crippen LogP contribution in [0.1, 0.15) is 37.9 Å². The molecule has 0 bridgehead atoms. The van der Waals surface area contributed by atoms with Crippen LogP contribution in [-0.4, -0.2) is 30.9 Å². The van der Waals surface area contributed by atoms with Crippen LogP contribution in [0.3, 0.4) is 0 Å². The van der Waals surface area contributed by atoms with E-state index in [4.69, 9.17) is 25.8 Å². The van der Waals surface area contributed by atoms with Gasteiger partial charge in [0.25, 0.3) is 5.56 Å². The van der Waals surface area contributed by atoms with Crippen molar-refractivity contribution in [3.8, 4) is 11.5 Å². The Kier molecular flexibility index (Phi) is 7.42. The molecule has 0 fully saturated rings. The van der Waals surface area contributed by atoms with E-state index in [2.05, 4.69) is 4.99 Å². The number of esters is 1. The fourth-order valence-electron chi connectivity index (χ4n) is 4.03. The third kappa shape index (κ3) is 4.76. The predicted octanol–water partition coefficient (Wildman–Crippen LogP) is 3.86. The number of carbonyl (C=O) groups excluding carboxylic acids is 1. The zero-order chi connectivity index (χ0) is 25.1. The Labute approximate surface area is 211 Å². The average Bonchev–Trinajstić information content (AvgIpc) is 3.13. The van der Waals surface area contributed by atoms with E-state index >= 15 is 0 Å². The van der Waals surface area contributed by atoms with Crippen LogP contribution in [0.25, 0.3) is 6.08 Å². The standard InChI is InChI=1S/C26H25ClN2O5S/c1-5-33-19-13-16(12-18(27)23(19)32-4)14-20-24(30)29-22(17-10-8-7-9-11-17)21(25(31)34-6-2)15(3)28-26(29)35-20/h7-14,22H,5-6H2,1-4H3/b20-14-/t22-/m0/s1. The van der Waals surface area contributed by atoms with Gasteiger partial charge in [0.1, 0.15) is 0 Å². The van der Waals surface area contributed by atoms with Crippen LogP contribution in [0, 0.1) is 0 Å². The molecule has 182 valence electrons. The summed E-state index contributed by atoms with van der Waals surface area (Å²) in [5.41, 5.74) is 2.09. The number of thiazole rings is 1. The number of rotatable bonds is 7. The van der Waals surface area contributed by atoms with E-state index in [1.807, 2.05) is 37.3 Å². The Balaban J connectivity index is 1.92. The maximum Gasteiger partial charge on any atom is 0.338 e. The molecule has 0 unspecified atom stereocenters. The van der Waals surface area contributed by atoms with Crippen LogP contribution >= 0.6 is 22.9 Å². The van der Waals surface area contributed by atoms with Crippen LogP contribution in [0.15, 0.2) is 63.5 Å². The highest BCUT2D eigenvalue weighted by molar-refractivity contribution is 7.07. The molecule has 4 rings (SSSR count). The van der Waals surface area contributed by atoms with E-state index < -0.39 is 12.0 Å². The zero-order valence-corrected chi connectivity index (χ0v) is 21.4. The number of fused-ring (bicyclic) bond motifs is 1. The molecular formula is C26H25ClN2O5S. The summed E-state index contributed by atoms with van der Waals surface area (Å²) in [7, 11) is 1.52. The van der Waals surface area contributed by atoms with E-state index in [0.717, 1.165) is 5.56 Å². The Morgan fingerprint density at radius 2 is 1.94 bits per heavy atom.